The van der Waals surface area contributed by atoms with Crippen LogP contribution in [0.15, 0.2) is 27.7 Å². The van der Waals surface area contributed by atoms with Crippen molar-refractivity contribution in [2.75, 3.05) is 12.0 Å². The molecule has 1 heterocycles. The molecule has 6 heteroatoms. The molecule has 0 aliphatic rings. The summed E-state index contributed by atoms with van der Waals surface area (Å²) in [6.45, 7) is 4.62. The van der Waals surface area contributed by atoms with Crippen LogP contribution in [0.5, 0.6) is 0 Å². The molecule has 0 spiro atoms. The number of halogens is 1. The Morgan fingerprint density at radius 1 is 1.50 bits per heavy atom. The zero-order chi connectivity index (χ0) is 14.7. The number of thiazole rings is 1. The molecule has 2 rings (SSSR count). The van der Waals surface area contributed by atoms with Gasteiger partial charge in [0, 0.05) is 22.7 Å². The highest BCUT2D eigenvalue weighted by molar-refractivity contribution is 9.10. The first kappa shape index (κ1) is 15.8. The standard InChI is InChI=1S/C14H17BrN2OS2/c1-9(2)13(18)16-14-17(6-7-19-3)11-5-4-10(15)8-12(11)20-14/h4-5,8-9H,6-7H2,1-3H3. The lowest BCUT2D eigenvalue weighted by Crippen LogP contribution is -2.19. The van der Waals surface area contributed by atoms with Crippen LogP contribution in [0.2, 0.25) is 0 Å². The fraction of sp³-hybridized carbons (Fsp3) is 0.429. The molecule has 0 N–H and O–H groups in total. The van der Waals surface area contributed by atoms with E-state index < -0.39 is 0 Å². The van der Waals surface area contributed by atoms with E-state index in [0.29, 0.717) is 0 Å². The fourth-order valence-corrected chi connectivity index (χ4v) is 3.73. The molecule has 1 aromatic carbocycles. The zero-order valence-electron chi connectivity index (χ0n) is 11.7. The molecule has 0 saturated heterocycles. The number of hydrogen-bond acceptors (Lipinski definition) is 3. The lowest BCUT2D eigenvalue weighted by Gasteiger charge is -2.04. The Labute approximate surface area is 135 Å². The Balaban J connectivity index is 2.59. The summed E-state index contributed by atoms with van der Waals surface area (Å²) >= 11 is 6.85. The van der Waals surface area contributed by atoms with E-state index in [2.05, 4.69) is 43.9 Å². The van der Waals surface area contributed by atoms with E-state index in [-0.39, 0.29) is 11.8 Å². The Morgan fingerprint density at radius 3 is 2.90 bits per heavy atom. The maximum absolute atomic E-state index is 11.9. The Bertz CT molecular complexity index is 688. The van der Waals surface area contributed by atoms with E-state index in [1.165, 1.54) is 0 Å². The number of thioether (sulfide) groups is 1. The highest BCUT2D eigenvalue weighted by atomic mass is 79.9. The molecule has 1 aromatic heterocycles. The molecule has 0 fully saturated rings. The minimum Gasteiger partial charge on any atom is -0.316 e. The summed E-state index contributed by atoms with van der Waals surface area (Å²) in [5, 5.41) is 0. The van der Waals surface area contributed by atoms with Gasteiger partial charge in [0.2, 0.25) is 0 Å². The predicted octanol–water partition coefficient (Wildman–Crippen LogP) is 3.91. The van der Waals surface area contributed by atoms with Crippen molar-refractivity contribution < 1.29 is 4.79 Å². The van der Waals surface area contributed by atoms with Crippen LogP contribution < -0.4 is 4.80 Å². The maximum Gasteiger partial charge on any atom is 0.250 e. The largest absolute Gasteiger partial charge is 0.316 e. The number of amides is 1. The van der Waals surface area contributed by atoms with Gasteiger partial charge in [0.25, 0.3) is 5.91 Å². The molecule has 0 aliphatic carbocycles. The van der Waals surface area contributed by atoms with Crippen molar-refractivity contribution in [3.05, 3.63) is 27.5 Å². The number of benzene rings is 1. The van der Waals surface area contributed by atoms with Gasteiger partial charge in [0.05, 0.1) is 10.2 Å². The quantitative estimate of drug-likeness (QED) is 0.814. The summed E-state index contributed by atoms with van der Waals surface area (Å²) in [4.78, 5) is 17.0. The van der Waals surface area contributed by atoms with Crippen LogP contribution in [0.3, 0.4) is 0 Å². The van der Waals surface area contributed by atoms with Crippen molar-refractivity contribution >= 4 is 55.2 Å². The van der Waals surface area contributed by atoms with Crippen molar-refractivity contribution in [1.29, 1.82) is 0 Å². The summed E-state index contributed by atoms with van der Waals surface area (Å²) < 4.78 is 4.34. The first-order valence-corrected chi connectivity index (χ1v) is 9.39. The van der Waals surface area contributed by atoms with Gasteiger partial charge in [0.1, 0.15) is 0 Å². The highest BCUT2D eigenvalue weighted by Crippen LogP contribution is 2.22. The zero-order valence-corrected chi connectivity index (χ0v) is 14.9. The van der Waals surface area contributed by atoms with Gasteiger partial charge in [-0.05, 0) is 24.5 Å². The molecule has 0 saturated carbocycles. The van der Waals surface area contributed by atoms with Crippen molar-refractivity contribution in [1.82, 2.24) is 4.57 Å². The van der Waals surface area contributed by atoms with Gasteiger partial charge in [0.15, 0.2) is 4.80 Å². The van der Waals surface area contributed by atoms with Crippen LogP contribution in [-0.2, 0) is 11.3 Å². The van der Waals surface area contributed by atoms with E-state index >= 15 is 0 Å². The first-order valence-electron chi connectivity index (χ1n) is 6.39. The SMILES string of the molecule is CSCCn1c(=NC(=O)C(C)C)sc2cc(Br)ccc21. The van der Waals surface area contributed by atoms with Gasteiger partial charge in [-0.3, -0.25) is 4.79 Å². The molecule has 0 radical (unpaired) electrons. The third kappa shape index (κ3) is 3.54. The summed E-state index contributed by atoms with van der Waals surface area (Å²) in [6, 6.07) is 6.18. The Morgan fingerprint density at radius 2 is 2.25 bits per heavy atom. The molecule has 20 heavy (non-hydrogen) atoms. The molecule has 0 atom stereocenters. The maximum atomic E-state index is 11.9. The van der Waals surface area contributed by atoms with E-state index in [0.717, 1.165) is 31.8 Å². The summed E-state index contributed by atoms with van der Waals surface area (Å²) in [6.07, 6.45) is 2.09. The minimum absolute atomic E-state index is 0.0616. The molecular formula is C14H17BrN2OS2. The van der Waals surface area contributed by atoms with Crippen molar-refractivity contribution in [2.24, 2.45) is 10.9 Å². The molecule has 0 aliphatic heterocycles. The smallest absolute Gasteiger partial charge is 0.250 e. The number of aromatic nitrogens is 1. The molecule has 3 nitrogen and oxygen atoms in total. The number of hydrogen-bond donors (Lipinski definition) is 0. The lowest BCUT2D eigenvalue weighted by atomic mass is 10.2. The molecule has 0 bridgehead atoms. The Hall–Kier alpha value is -0.590. The second-order valence-electron chi connectivity index (χ2n) is 4.75. The monoisotopic (exact) mass is 372 g/mol. The fourth-order valence-electron chi connectivity index (χ4n) is 1.75. The van der Waals surface area contributed by atoms with Crippen molar-refractivity contribution in [3.8, 4) is 0 Å². The number of nitrogens with zero attached hydrogens (tertiary/aromatic N) is 2. The minimum atomic E-state index is -0.0686. The summed E-state index contributed by atoms with van der Waals surface area (Å²) in [7, 11) is 0. The van der Waals surface area contributed by atoms with E-state index in [1.807, 2.05) is 19.9 Å². The average molecular weight is 373 g/mol. The number of carbonyl (C=O) groups excluding carboxylic acids is 1. The van der Waals surface area contributed by atoms with Gasteiger partial charge in [-0.15, -0.1) is 0 Å². The molecule has 108 valence electrons. The van der Waals surface area contributed by atoms with Gasteiger partial charge in [-0.25, -0.2) is 0 Å². The van der Waals surface area contributed by atoms with E-state index in [9.17, 15) is 4.79 Å². The van der Waals surface area contributed by atoms with Gasteiger partial charge >= 0.3 is 0 Å². The molecular weight excluding hydrogens is 356 g/mol. The van der Waals surface area contributed by atoms with Gasteiger partial charge in [-0.2, -0.15) is 16.8 Å². The first-order chi connectivity index (χ1) is 9.52. The highest BCUT2D eigenvalue weighted by Gasteiger charge is 2.10. The second-order valence-corrected chi connectivity index (χ2v) is 7.66. The third-order valence-electron chi connectivity index (χ3n) is 2.86. The average Bonchev–Trinajstić information content (AvgIpc) is 2.72. The lowest BCUT2D eigenvalue weighted by molar-refractivity contribution is -0.120. The molecule has 0 unspecified atom stereocenters. The van der Waals surface area contributed by atoms with Crippen molar-refractivity contribution in [2.45, 2.75) is 20.4 Å². The van der Waals surface area contributed by atoms with E-state index in [1.54, 1.807) is 23.1 Å². The normalized spacial score (nSPS) is 12.6. The van der Waals surface area contributed by atoms with Gasteiger partial charge < -0.3 is 4.57 Å². The number of carbonyl (C=O) groups is 1. The van der Waals surface area contributed by atoms with Crippen LogP contribution in [0, 0.1) is 5.92 Å². The summed E-state index contributed by atoms with van der Waals surface area (Å²) in [5.74, 6) is 0.875. The van der Waals surface area contributed by atoms with Crippen LogP contribution in [0.4, 0.5) is 0 Å². The van der Waals surface area contributed by atoms with E-state index in [4.69, 9.17) is 0 Å². The topological polar surface area (TPSA) is 34.4 Å². The van der Waals surface area contributed by atoms with Crippen LogP contribution in [0.25, 0.3) is 10.2 Å². The van der Waals surface area contributed by atoms with Crippen LogP contribution in [0.1, 0.15) is 13.8 Å². The Kier molecular flexibility index (Phi) is 5.46. The molecule has 1 amide bonds. The van der Waals surface area contributed by atoms with Crippen molar-refractivity contribution in [3.63, 3.8) is 0 Å². The molecule has 2 aromatic rings. The van der Waals surface area contributed by atoms with Crippen LogP contribution >= 0.6 is 39.0 Å². The third-order valence-corrected chi connectivity index (χ3v) is 4.99. The number of rotatable bonds is 4. The van der Waals surface area contributed by atoms with Crippen LogP contribution in [-0.4, -0.2) is 22.5 Å². The number of fused-ring (bicyclic) bond motifs is 1. The predicted molar refractivity (Wildman–Crippen MR) is 91.3 cm³/mol. The number of aryl methyl sites for hydroxylation is 1. The summed E-state index contributed by atoms with van der Waals surface area (Å²) in [5.41, 5.74) is 1.14. The van der Waals surface area contributed by atoms with Gasteiger partial charge in [-0.1, -0.05) is 41.1 Å². The second kappa shape index (κ2) is 6.91.